The second-order valence-corrected chi connectivity index (χ2v) is 4.57. The van der Waals surface area contributed by atoms with Crippen molar-refractivity contribution in [1.29, 1.82) is 0 Å². The van der Waals surface area contributed by atoms with Crippen LogP contribution in [-0.4, -0.2) is 30.1 Å². The van der Waals surface area contributed by atoms with Crippen molar-refractivity contribution in [3.05, 3.63) is 36.4 Å². The molecule has 0 aliphatic rings. The molecule has 2 aromatic rings. The summed E-state index contributed by atoms with van der Waals surface area (Å²) in [5.74, 6) is 1.23. The third-order valence-electron chi connectivity index (χ3n) is 2.94. The predicted molar refractivity (Wildman–Crippen MR) is 83.7 cm³/mol. The van der Waals surface area contributed by atoms with E-state index in [0.717, 1.165) is 19.5 Å². The topological polar surface area (TPSA) is 93.1 Å². The van der Waals surface area contributed by atoms with E-state index in [9.17, 15) is 0 Å². The SMILES string of the molecule is CN(CCCNc1cc(N)nc(N)n1)c1ccccc1. The molecule has 0 aliphatic heterocycles. The van der Waals surface area contributed by atoms with Crippen LogP contribution in [0, 0.1) is 0 Å². The number of rotatable bonds is 6. The Morgan fingerprint density at radius 3 is 2.60 bits per heavy atom. The highest BCUT2D eigenvalue weighted by Gasteiger charge is 2.01. The van der Waals surface area contributed by atoms with Gasteiger partial charge in [-0.2, -0.15) is 9.97 Å². The van der Waals surface area contributed by atoms with E-state index in [1.165, 1.54) is 5.69 Å². The van der Waals surface area contributed by atoms with Gasteiger partial charge in [-0.1, -0.05) is 18.2 Å². The Labute approximate surface area is 118 Å². The number of benzene rings is 1. The van der Waals surface area contributed by atoms with Gasteiger partial charge in [0.1, 0.15) is 11.6 Å². The summed E-state index contributed by atoms with van der Waals surface area (Å²) < 4.78 is 0. The van der Waals surface area contributed by atoms with Gasteiger partial charge in [0.2, 0.25) is 5.95 Å². The summed E-state index contributed by atoms with van der Waals surface area (Å²) >= 11 is 0. The van der Waals surface area contributed by atoms with Gasteiger partial charge in [-0.3, -0.25) is 0 Å². The minimum absolute atomic E-state index is 0.189. The van der Waals surface area contributed by atoms with Crippen molar-refractivity contribution < 1.29 is 0 Å². The summed E-state index contributed by atoms with van der Waals surface area (Å²) in [5.41, 5.74) is 12.4. The van der Waals surface area contributed by atoms with Gasteiger partial charge < -0.3 is 21.7 Å². The average molecular weight is 272 g/mol. The Hall–Kier alpha value is -2.50. The first-order valence-electron chi connectivity index (χ1n) is 6.55. The predicted octanol–water partition coefficient (Wildman–Crippen LogP) is 1.58. The van der Waals surface area contributed by atoms with Crippen molar-refractivity contribution in [2.45, 2.75) is 6.42 Å². The first-order chi connectivity index (χ1) is 9.65. The second-order valence-electron chi connectivity index (χ2n) is 4.57. The molecule has 0 saturated heterocycles. The Morgan fingerprint density at radius 1 is 1.15 bits per heavy atom. The number of nitrogens with one attached hydrogen (secondary N) is 1. The Kier molecular flexibility index (Phi) is 4.60. The Morgan fingerprint density at radius 2 is 1.90 bits per heavy atom. The highest BCUT2D eigenvalue weighted by Crippen LogP contribution is 2.12. The third kappa shape index (κ3) is 4.01. The maximum Gasteiger partial charge on any atom is 0.223 e. The minimum Gasteiger partial charge on any atom is -0.383 e. The van der Waals surface area contributed by atoms with E-state index < -0.39 is 0 Å². The Balaban J connectivity index is 1.76. The zero-order valence-corrected chi connectivity index (χ0v) is 11.6. The molecule has 6 heteroatoms. The van der Waals surface area contributed by atoms with Crippen molar-refractivity contribution in [1.82, 2.24) is 9.97 Å². The molecular weight excluding hydrogens is 252 g/mol. The average Bonchev–Trinajstić information content (AvgIpc) is 2.43. The van der Waals surface area contributed by atoms with E-state index >= 15 is 0 Å². The lowest BCUT2D eigenvalue weighted by molar-refractivity contribution is 0.814. The molecule has 20 heavy (non-hydrogen) atoms. The summed E-state index contributed by atoms with van der Waals surface area (Å²) in [6.45, 7) is 1.75. The number of para-hydroxylation sites is 1. The number of nitrogens with zero attached hydrogens (tertiary/aromatic N) is 3. The number of hydrogen-bond acceptors (Lipinski definition) is 6. The van der Waals surface area contributed by atoms with Crippen molar-refractivity contribution in [2.24, 2.45) is 0 Å². The summed E-state index contributed by atoms with van der Waals surface area (Å²) in [4.78, 5) is 10.1. The maximum absolute atomic E-state index is 5.61. The quantitative estimate of drug-likeness (QED) is 0.691. The van der Waals surface area contributed by atoms with E-state index in [0.29, 0.717) is 11.6 Å². The van der Waals surface area contributed by atoms with Crippen LogP contribution in [-0.2, 0) is 0 Å². The van der Waals surface area contributed by atoms with Crippen LogP contribution in [0.3, 0.4) is 0 Å². The molecule has 0 spiro atoms. The van der Waals surface area contributed by atoms with Gasteiger partial charge in [-0.15, -0.1) is 0 Å². The van der Waals surface area contributed by atoms with Gasteiger partial charge in [0.25, 0.3) is 0 Å². The highest BCUT2D eigenvalue weighted by atomic mass is 15.1. The van der Waals surface area contributed by atoms with Gasteiger partial charge in [0.05, 0.1) is 0 Å². The van der Waals surface area contributed by atoms with Crippen LogP contribution in [0.25, 0.3) is 0 Å². The Bertz CT molecular complexity index is 522. The van der Waals surface area contributed by atoms with Gasteiger partial charge in [0, 0.05) is 31.9 Å². The van der Waals surface area contributed by atoms with Gasteiger partial charge >= 0.3 is 0 Å². The number of hydrogen-bond donors (Lipinski definition) is 3. The summed E-state index contributed by atoms with van der Waals surface area (Å²) in [6.07, 6.45) is 0.981. The van der Waals surface area contributed by atoms with Crippen LogP contribution < -0.4 is 21.7 Å². The fourth-order valence-corrected chi connectivity index (χ4v) is 1.92. The lowest BCUT2D eigenvalue weighted by Crippen LogP contribution is -2.21. The van der Waals surface area contributed by atoms with E-state index in [4.69, 9.17) is 11.5 Å². The number of nitrogens with two attached hydrogens (primary N) is 2. The fourth-order valence-electron chi connectivity index (χ4n) is 1.92. The lowest BCUT2D eigenvalue weighted by atomic mass is 10.3. The molecule has 0 unspecified atom stereocenters. The minimum atomic E-state index is 0.189. The largest absolute Gasteiger partial charge is 0.383 e. The maximum atomic E-state index is 5.61. The summed E-state index contributed by atoms with van der Waals surface area (Å²) in [5, 5.41) is 3.20. The molecule has 1 aromatic carbocycles. The standard InChI is InChI=1S/C14H20N6/c1-20(11-6-3-2-4-7-11)9-5-8-17-13-10-12(15)18-14(16)19-13/h2-4,6-7,10H,5,8-9H2,1H3,(H5,15,16,17,18,19). The van der Waals surface area contributed by atoms with Crippen molar-refractivity contribution in [3.8, 4) is 0 Å². The number of anilines is 4. The number of nitrogen functional groups attached to an aromatic ring is 2. The zero-order chi connectivity index (χ0) is 14.4. The molecule has 0 amide bonds. The van der Waals surface area contributed by atoms with E-state index in [-0.39, 0.29) is 5.95 Å². The van der Waals surface area contributed by atoms with Crippen LogP contribution in [0.2, 0.25) is 0 Å². The van der Waals surface area contributed by atoms with Crippen LogP contribution in [0.5, 0.6) is 0 Å². The van der Waals surface area contributed by atoms with E-state index in [2.05, 4.69) is 39.4 Å². The van der Waals surface area contributed by atoms with Crippen molar-refractivity contribution >= 4 is 23.3 Å². The van der Waals surface area contributed by atoms with Crippen LogP contribution in [0.1, 0.15) is 6.42 Å². The van der Waals surface area contributed by atoms with Gasteiger partial charge in [0.15, 0.2) is 0 Å². The van der Waals surface area contributed by atoms with E-state index in [1.807, 2.05) is 18.2 Å². The van der Waals surface area contributed by atoms with Crippen LogP contribution >= 0.6 is 0 Å². The molecule has 0 fully saturated rings. The molecule has 106 valence electrons. The summed E-state index contributed by atoms with van der Waals surface area (Å²) in [7, 11) is 2.08. The molecule has 0 saturated carbocycles. The normalized spacial score (nSPS) is 10.2. The van der Waals surface area contributed by atoms with Crippen LogP contribution in [0.15, 0.2) is 36.4 Å². The van der Waals surface area contributed by atoms with Crippen LogP contribution in [0.4, 0.5) is 23.3 Å². The summed E-state index contributed by atoms with van der Waals surface area (Å²) in [6, 6.07) is 12.0. The molecule has 0 aliphatic carbocycles. The first-order valence-corrected chi connectivity index (χ1v) is 6.55. The van der Waals surface area contributed by atoms with Crippen molar-refractivity contribution in [2.75, 3.05) is 41.8 Å². The highest BCUT2D eigenvalue weighted by molar-refractivity contribution is 5.48. The first kappa shape index (κ1) is 13.9. The lowest BCUT2D eigenvalue weighted by Gasteiger charge is -2.19. The molecule has 0 atom stereocenters. The smallest absolute Gasteiger partial charge is 0.223 e. The molecule has 2 rings (SSSR count). The van der Waals surface area contributed by atoms with Gasteiger partial charge in [-0.05, 0) is 18.6 Å². The molecule has 1 aromatic heterocycles. The molecule has 0 radical (unpaired) electrons. The number of aromatic nitrogens is 2. The second kappa shape index (κ2) is 6.60. The molecule has 5 N–H and O–H groups in total. The molecule has 0 bridgehead atoms. The molecular formula is C14H20N6. The monoisotopic (exact) mass is 272 g/mol. The van der Waals surface area contributed by atoms with Gasteiger partial charge in [-0.25, -0.2) is 0 Å². The zero-order valence-electron chi connectivity index (χ0n) is 11.6. The molecule has 1 heterocycles. The van der Waals surface area contributed by atoms with Crippen molar-refractivity contribution in [3.63, 3.8) is 0 Å². The van der Waals surface area contributed by atoms with E-state index in [1.54, 1.807) is 6.07 Å². The molecule has 6 nitrogen and oxygen atoms in total. The third-order valence-corrected chi connectivity index (χ3v) is 2.94. The fraction of sp³-hybridized carbons (Fsp3) is 0.286.